The Balaban J connectivity index is 1.63. The lowest BCUT2D eigenvalue weighted by molar-refractivity contribution is -0.134. The van der Waals surface area contributed by atoms with E-state index >= 15 is 0 Å². The van der Waals surface area contributed by atoms with Crippen molar-refractivity contribution in [2.75, 3.05) is 20.2 Å². The van der Waals surface area contributed by atoms with Crippen molar-refractivity contribution in [1.82, 2.24) is 25.3 Å². The number of nitrogens with one attached hydrogen (secondary N) is 2. The lowest BCUT2D eigenvalue weighted by atomic mass is 10.1. The Bertz CT molecular complexity index is 829. The number of ether oxygens (including phenoxy) is 1. The van der Waals surface area contributed by atoms with Gasteiger partial charge in [-0.3, -0.25) is 19.2 Å². The summed E-state index contributed by atoms with van der Waals surface area (Å²) in [6, 6.07) is 9.15. The second-order valence-electron chi connectivity index (χ2n) is 6.97. The van der Waals surface area contributed by atoms with Gasteiger partial charge in [0, 0.05) is 37.9 Å². The van der Waals surface area contributed by atoms with E-state index in [2.05, 4.69) is 15.7 Å². The summed E-state index contributed by atoms with van der Waals surface area (Å²) in [4.78, 5) is 26.9. The van der Waals surface area contributed by atoms with Gasteiger partial charge >= 0.3 is 0 Å². The summed E-state index contributed by atoms with van der Waals surface area (Å²) in [6.45, 7) is 4.11. The van der Waals surface area contributed by atoms with E-state index in [1.165, 1.54) is 0 Å². The number of hydrogen-bond donors (Lipinski definition) is 2. The largest absolute Gasteiger partial charge is 0.496 e. The van der Waals surface area contributed by atoms with Crippen LogP contribution in [0, 0.1) is 6.92 Å². The Hall–Kier alpha value is -2.87. The second kappa shape index (κ2) is 8.88. The van der Waals surface area contributed by atoms with Crippen molar-refractivity contribution in [2.45, 2.75) is 32.5 Å². The Morgan fingerprint density at radius 2 is 2.18 bits per heavy atom. The molecule has 0 spiro atoms. The van der Waals surface area contributed by atoms with Gasteiger partial charge in [-0.05, 0) is 19.1 Å². The molecule has 2 aromatic rings. The molecule has 0 saturated carbocycles. The van der Waals surface area contributed by atoms with Crippen molar-refractivity contribution in [3.05, 3.63) is 47.3 Å². The highest BCUT2D eigenvalue weighted by Crippen LogP contribution is 2.22. The van der Waals surface area contributed by atoms with Gasteiger partial charge in [0.2, 0.25) is 11.8 Å². The van der Waals surface area contributed by atoms with Crippen molar-refractivity contribution in [3.63, 3.8) is 0 Å². The number of benzene rings is 1. The average Bonchev–Trinajstić information content (AvgIpc) is 3.01. The van der Waals surface area contributed by atoms with Crippen molar-refractivity contribution >= 4 is 11.8 Å². The first-order chi connectivity index (χ1) is 13.5. The van der Waals surface area contributed by atoms with Crippen molar-refractivity contribution < 1.29 is 14.3 Å². The monoisotopic (exact) mass is 385 g/mol. The fourth-order valence-electron chi connectivity index (χ4n) is 3.38. The molecule has 0 radical (unpaired) electrons. The molecule has 2 heterocycles. The van der Waals surface area contributed by atoms with Crippen LogP contribution >= 0.6 is 0 Å². The summed E-state index contributed by atoms with van der Waals surface area (Å²) in [5.41, 5.74) is 2.82. The number of rotatable bonds is 7. The number of carbonyl (C=O) groups excluding carboxylic acids is 2. The fraction of sp³-hybridized carbons (Fsp3) is 0.450. The minimum atomic E-state index is -0.510. The van der Waals surface area contributed by atoms with Gasteiger partial charge in [0.05, 0.1) is 31.8 Å². The number of para-hydroxylation sites is 1. The molecule has 1 aliphatic rings. The molecule has 2 N–H and O–H groups in total. The van der Waals surface area contributed by atoms with Crippen LogP contribution in [-0.4, -0.2) is 52.7 Å². The van der Waals surface area contributed by atoms with Gasteiger partial charge in [-0.15, -0.1) is 0 Å². The number of piperazine rings is 1. The Morgan fingerprint density at radius 3 is 2.89 bits per heavy atom. The maximum Gasteiger partial charge on any atom is 0.237 e. The molecule has 2 amide bonds. The van der Waals surface area contributed by atoms with Crippen LogP contribution in [-0.2, 0) is 29.7 Å². The maximum absolute atomic E-state index is 12.5. The van der Waals surface area contributed by atoms with Crippen LogP contribution in [0.1, 0.15) is 23.4 Å². The topological polar surface area (TPSA) is 88.5 Å². The van der Waals surface area contributed by atoms with Crippen LogP contribution < -0.4 is 15.4 Å². The molecule has 150 valence electrons. The lowest BCUT2D eigenvalue weighted by Gasteiger charge is -2.35. The molecule has 1 fully saturated rings. The molecule has 8 heteroatoms. The van der Waals surface area contributed by atoms with Gasteiger partial charge in [-0.25, -0.2) is 0 Å². The van der Waals surface area contributed by atoms with Gasteiger partial charge in [0.15, 0.2) is 0 Å². The predicted molar refractivity (Wildman–Crippen MR) is 105 cm³/mol. The van der Waals surface area contributed by atoms with E-state index in [0.29, 0.717) is 26.2 Å². The van der Waals surface area contributed by atoms with E-state index in [0.717, 1.165) is 22.7 Å². The summed E-state index contributed by atoms with van der Waals surface area (Å²) in [5.74, 6) is 0.488. The number of aromatic nitrogens is 2. The molecule has 1 aromatic heterocycles. The Morgan fingerprint density at radius 1 is 1.39 bits per heavy atom. The molecule has 1 atom stereocenters. The maximum atomic E-state index is 12.5. The zero-order valence-corrected chi connectivity index (χ0v) is 16.6. The van der Waals surface area contributed by atoms with E-state index in [4.69, 9.17) is 4.74 Å². The van der Waals surface area contributed by atoms with Gasteiger partial charge < -0.3 is 15.4 Å². The van der Waals surface area contributed by atoms with Gasteiger partial charge in [-0.1, -0.05) is 18.2 Å². The van der Waals surface area contributed by atoms with Crippen LogP contribution in [0.25, 0.3) is 0 Å². The molecule has 0 bridgehead atoms. The molecule has 0 aliphatic carbocycles. The van der Waals surface area contributed by atoms with Crippen molar-refractivity contribution in [1.29, 1.82) is 0 Å². The van der Waals surface area contributed by atoms with Gasteiger partial charge in [0.25, 0.3) is 0 Å². The molecule has 28 heavy (non-hydrogen) atoms. The van der Waals surface area contributed by atoms with Crippen molar-refractivity contribution in [3.8, 4) is 5.75 Å². The third-order valence-corrected chi connectivity index (χ3v) is 5.02. The highest BCUT2D eigenvalue weighted by atomic mass is 16.5. The zero-order valence-electron chi connectivity index (χ0n) is 16.6. The SMILES string of the molecule is COc1ccccc1CN1CCNC(=O)C1CC(=O)NCc1cc(C)n(C)n1. The molecular formula is C20H27N5O3. The van der Waals surface area contributed by atoms with E-state index in [1.54, 1.807) is 11.8 Å². The van der Waals surface area contributed by atoms with Crippen LogP contribution in [0.5, 0.6) is 5.75 Å². The summed E-state index contributed by atoms with van der Waals surface area (Å²) >= 11 is 0. The summed E-state index contributed by atoms with van der Waals surface area (Å²) in [5, 5.41) is 10.1. The lowest BCUT2D eigenvalue weighted by Crippen LogP contribution is -2.56. The van der Waals surface area contributed by atoms with E-state index in [9.17, 15) is 9.59 Å². The fourth-order valence-corrected chi connectivity index (χ4v) is 3.38. The molecule has 1 aromatic carbocycles. The third-order valence-electron chi connectivity index (χ3n) is 5.02. The van der Waals surface area contributed by atoms with E-state index in [1.807, 2.05) is 49.2 Å². The number of methoxy groups -OCH3 is 1. The average molecular weight is 385 g/mol. The van der Waals surface area contributed by atoms with Crippen LogP contribution in [0.3, 0.4) is 0 Å². The van der Waals surface area contributed by atoms with Crippen LogP contribution in [0.15, 0.2) is 30.3 Å². The third kappa shape index (κ3) is 4.69. The number of hydrogen-bond acceptors (Lipinski definition) is 5. The second-order valence-corrected chi connectivity index (χ2v) is 6.97. The van der Waals surface area contributed by atoms with E-state index < -0.39 is 6.04 Å². The predicted octanol–water partition coefficient (Wildman–Crippen LogP) is 0.744. The van der Waals surface area contributed by atoms with Crippen LogP contribution in [0.2, 0.25) is 0 Å². The molecule has 1 aliphatic heterocycles. The first-order valence-corrected chi connectivity index (χ1v) is 9.38. The smallest absolute Gasteiger partial charge is 0.237 e. The quantitative estimate of drug-likeness (QED) is 0.734. The normalized spacial score (nSPS) is 17.2. The summed E-state index contributed by atoms with van der Waals surface area (Å²) < 4.78 is 7.18. The first-order valence-electron chi connectivity index (χ1n) is 9.38. The summed E-state index contributed by atoms with van der Waals surface area (Å²) in [6.07, 6.45) is 0.104. The molecule has 3 rings (SSSR count). The standard InChI is InChI=1S/C20H27N5O3/c1-14-10-16(23-24(14)2)12-22-19(26)11-17-20(27)21-8-9-25(17)13-15-6-4-5-7-18(15)28-3/h4-7,10,17H,8-9,11-13H2,1-3H3,(H,21,27)(H,22,26). The minimum Gasteiger partial charge on any atom is -0.496 e. The number of aryl methyl sites for hydroxylation is 2. The highest BCUT2D eigenvalue weighted by molar-refractivity contribution is 5.88. The zero-order chi connectivity index (χ0) is 20.1. The Kier molecular flexibility index (Phi) is 6.30. The molecule has 1 saturated heterocycles. The molecular weight excluding hydrogens is 358 g/mol. The summed E-state index contributed by atoms with van der Waals surface area (Å²) in [7, 11) is 3.49. The van der Waals surface area contributed by atoms with Gasteiger partial charge in [-0.2, -0.15) is 5.10 Å². The van der Waals surface area contributed by atoms with Crippen LogP contribution in [0.4, 0.5) is 0 Å². The molecule has 8 nitrogen and oxygen atoms in total. The van der Waals surface area contributed by atoms with E-state index in [-0.39, 0.29) is 18.2 Å². The Labute approximate surface area is 164 Å². The number of amides is 2. The number of nitrogens with zero attached hydrogens (tertiary/aromatic N) is 3. The van der Waals surface area contributed by atoms with Crippen molar-refractivity contribution in [2.24, 2.45) is 7.05 Å². The minimum absolute atomic E-state index is 0.104. The van der Waals surface area contributed by atoms with Gasteiger partial charge in [0.1, 0.15) is 5.75 Å². The molecule has 1 unspecified atom stereocenters. The highest BCUT2D eigenvalue weighted by Gasteiger charge is 2.32. The number of carbonyl (C=O) groups is 2. The first kappa shape index (κ1) is 19.9.